The molecule has 0 saturated heterocycles. The van der Waals surface area contributed by atoms with Gasteiger partial charge in [-0.15, -0.1) is 0 Å². The van der Waals surface area contributed by atoms with Gasteiger partial charge >= 0.3 is 6.18 Å². The van der Waals surface area contributed by atoms with Crippen LogP contribution >= 0.6 is 0 Å². The Morgan fingerprint density at radius 3 is 2.14 bits per heavy atom. The van der Waals surface area contributed by atoms with Crippen LogP contribution < -0.4 is 5.32 Å². The lowest BCUT2D eigenvalue weighted by Crippen LogP contribution is -2.11. The molecule has 21 heavy (non-hydrogen) atoms. The number of nitrogens with one attached hydrogen (secondary N) is 1. The first-order valence-corrected chi connectivity index (χ1v) is 6.16. The van der Waals surface area contributed by atoms with Crippen molar-refractivity contribution in [3.63, 3.8) is 0 Å². The van der Waals surface area contributed by atoms with E-state index in [1.54, 1.807) is 6.92 Å². The number of hydrogen-bond donors (Lipinski definition) is 1. The third-order valence-corrected chi connectivity index (χ3v) is 3.02. The molecule has 0 fully saturated rings. The maximum absolute atomic E-state index is 13.2. The number of anilines is 1. The lowest BCUT2D eigenvalue weighted by atomic mass is 10.1. The Kier molecular flexibility index (Phi) is 4.16. The van der Waals surface area contributed by atoms with E-state index < -0.39 is 23.4 Å². The van der Waals surface area contributed by atoms with Gasteiger partial charge in [-0.3, -0.25) is 0 Å². The van der Waals surface area contributed by atoms with Crippen LogP contribution in [0.25, 0.3) is 0 Å². The van der Waals surface area contributed by atoms with Crippen molar-refractivity contribution < 1.29 is 22.0 Å². The van der Waals surface area contributed by atoms with Crippen molar-refractivity contribution >= 4 is 5.69 Å². The molecule has 1 N–H and O–H groups in total. The molecule has 0 aliphatic carbocycles. The largest absolute Gasteiger partial charge is 0.419 e. The molecule has 112 valence electrons. The Bertz CT molecular complexity index is 619. The molecule has 0 aliphatic rings. The standard InChI is InChI=1S/C15H12F5N/c1-9(10-2-4-11(16)5-3-10)21-12-6-7-14(17)13(8-12)15(18,19)20/h2-9,21H,1H3. The first kappa shape index (κ1) is 15.3. The maximum atomic E-state index is 13.2. The molecule has 1 unspecified atom stereocenters. The third-order valence-electron chi connectivity index (χ3n) is 3.02. The van der Waals surface area contributed by atoms with Gasteiger partial charge in [0.2, 0.25) is 0 Å². The van der Waals surface area contributed by atoms with Crippen LogP contribution in [-0.4, -0.2) is 0 Å². The van der Waals surface area contributed by atoms with Gasteiger partial charge in [0.1, 0.15) is 11.6 Å². The minimum absolute atomic E-state index is 0.139. The molecule has 2 rings (SSSR count). The highest BCUT2D eigenvalue weighted by molar-refractivity contribution is 5.48. The fourth-order valence-electron chi connectivity index (χ4n) is 1.92. The molecule has 0 heterocycles. The second-order valence-electron chi connectivity index (χ2n) is 4.61. The Morgan fingerprint density at radius 1 is 0.952 bits per heavy atom. The molecule has 0 aliphatic heterocycles. The van der Waals surface area contributed by atoms with Crippen LogP contribution in [0, 0.1) is 11.6 Å². The molecule has 0 amide bonds. The van der Waals surface area contributed by atoms with Gasteiger partial charge in [-0.25, -0.2) is 8.78 Å². The zero-order chi connectivity index (χ0) is 15.6. The van der Waals surface area contributed by atoms with Gasteiger partial charge in [-0.1, -0.05) is 12.1 Å². The number of halogens is 5. The highest BCUT2D eigenvalue weighted by Gasteiger charge is 2.34. The molecular weight excluding hydrogens is 289 g/mol. The van der Waals surface area contributed by atoms with Crippen molar-refractivity contribution in [2.75, 3.05) is 5.32 Å². The summed E-state index contributed by atoms with van der Waals surface area (Å²) in [6.07, 6.45) is -4.75. The summed E-state index contributed by atoms with van der Waals surface area (Å²) in [7, 11) is 0. The Morgan fingerprint density at radius 2 is 1.57 bits per heavy atom. The zero-order valence-corrected chi connectivity index (χ0v) is 11.0. The van der Waals surface area contributed by atoms with Crippen molar-refractivity contribution in [2.24, 2.45) is 0 Å². The summed E-state index contributed by atoms with van der Waals surface area (Å²) in [6.45, 7) is 1.71. The molecule has 0 aromatic heterocycles. The average Bonchev–Trinajstić information content (AvgIpc) is 2.40. The van der Waals surface area contributed by atoms with E-state index in [2.05, 4.69) is 5.32 Å². The first-order valence-electron chi connectivity index (χ1n) is 6.16. The number of hydrogen-bond acceptors (Lipinski definition) is 1. The monoisotopic (exact) mass is 301 g/mol. The van der Waals surface area contributed by atoms with Gasteiger partial charge in [0.25, 0.3) is 0 Å². The molecule has 0 spiro atoms. The summed E-state index contributed by atoms with van der Waals surface area (Å²) >= 11 is 0. The van der Waals surface area contributed by atoms with Crippen LogP contribution in [0.2, 0.25) is 0 Å². The highest BCUT2D eigenvalue weighted by atomic mass is 19.4. The van der Waals surface area contributed by atoms with Crippen LogP contribution in [0.1, 0.15) is 24.1 Å². The minimum Gasteiger partial charge on any atom is -0.379 e. The topological polar surface area (TPSA) is 12.0 Å². The molecule has 1 atom stereocenters. The fourth-order valence-corrected chi connectivity index (χ4v) is 1.92. The van der Waals surface area contributed by atoms with Gasteiger partial charge in [0.05, 0.1) is 5.56 Å². The third kappa shape index (κ3) is 3.71. The zero-order valence-electron chi connectivity index (χ0n) is 11.0. The van der Waals surface area contributed by atoms with E-state index in [0.717, 1.165) is 12.1 Å². The Balaban J connectivity index is 2.21. The van der Waals surface area contributed by atoms with Crippen molar-refractivity contribution in [2.45, 2.75) is 19.1 Å². The molecule has 2 aromatic carbocycles. The molecule has 0 radical (unpaired) electrons. The van der Waals surface area contributed by atoms with Crippen LogP contribution in [-0.2, 0) is 6.18 Å². The van der Waals surface area contributed by atoms with E-state index in [0.29, 0.717) is 5.56 Å². The molecule has 0 bridgehead atoms. The summed E-state index contributed by atoms with van der Waals surface area (Å²) in [4.78, 5) is 0. The van der Waals surface area contributed by atoms with E-state index in [9.17, 15) is 22.0 Å². The lowest BCUT2D eigenvalue weighted by Gasteiger charge is -2.17. The SMILES string of the molecule is CC(Nc1ccc(F)c(C(F)(F)F)c1)c1ccc(F)cc1. The highest BCUT2D eigenvalue weighted by Crippen LogP contribution is 2.33. The smallest absolute Gasteiger partial charge is 0.379 e. The van der Waals surface area contributed by atoms with E-state index in [4.69, 9.17) is 0 Å². The summed E-state index contributed by atoms with van der Waals surface area (Å²) < 4.78 is 63.9. The average molecular weight is 301 g/mol. The van der Waals surface area contributed by atoms with Crippen molar-refractivity contribution in [3.05, 3.63) is 65.2 Å². The molecule has 0 saturated carbocycles. The van der Waals surface area contributed by atoms with E-state index in [1.165, 1.54) is 30.3 Å². The molecule has 6 heteroatoms. The summed E-state index contributed by atoms with van der Waals surface area (Å²) in [6, 6.07) is 7.95. The predicted molar refractivity (Wildman–Crippen MR) is 69.8 cm³/mol. The number of benzene rings is 2. The van der Waals surface area contributed by atoms with Crippen molar-refractivity contribution in [1.82, 2.24) is 0 Å². The van der Waals surface area contributed by atoms with Gasteiger partial charge in [-0.2, -0.15) is 13.2 Å². The van der Waals surface area contributed by atoms with Crippen molar-refractivity contribution in [1.29, 1.82) is 0 Å². The Hall–Kier alpha value is -2.11. The minimum atomic E-state index is -4.75. The quantitative estimate of drug-likeness (QED) is 0.772. The van der Waals surface area contributed by atoms with Crippen LogP contribution in [0.5, 0.6) is 0 Å². The summed E-state index contributed by atoms with van der Waals surface area (Å²) in [5, 5.41) is 2.83. The van der Waals surface area contributed by atoms with Crippen LogP contribution in [0.15, 0.2) is 42.5 Å². The van der Waals surface area contributed by atoms with Crippen molar-refractivity contribution in [3.8, 4) is 0 Å². The van der Waals surface area contributed by atoms with Gasteiger partial charge in [0.15, 0.2) is 0 Å². The van der Waals surface area contributed by atoms with Gasteiger partial charge < -0.3 is 5.32 Å². The predicted octanol–water partition coefficient (Wildman–Crippen LogP) is 5.16. The summed E-state index contributed by atoms with van der Waals surface area (Å²) in [5.74, 6) is -1.71. The molecule has 1 nitrogen and oxygen atoms in total. The Labute approximate surface area is 118 Å². The van der Waals surface area contributed by atoms with Gasteiger partial charge in [-0.05, 0) is 42.8 Å². The second kappa shape index (κ2) is 5.71. The second-order valence-corrected chi connectivity index (χ2v) is 4.61. The summed E-state index contributed by atoms with van der Waals surface area (Å²) in [5.41, 5.74) is -0.478. The van der Waals surface area contributed by atoms with Gasteiger partial charge in [0, 0.05) is 11.7 Å². The van der Waals surface area contributed by atoms with Crippen LogP contribution in [0.4, 0.5) is 27.6 Å². The molecule has 2 aromatic rings. The number of rotatable bonds is 3. The van der Waals surface area contributed by atoms with E-state index in [1.807, 2.05) is 0 Å². The first-order chi connectivity index (χ1) is 9.77. The normalized spacial score (nSPS) is 13.0. The maximum Gasteiger partial charge on any atom is 0.419 e. The van der Waals surface area contributed by atoms with Crippen LogP contribution in [0.3, 0.4) is 0 Å². The molecular formula is C15H12F5N. The lowest BCUT2D eigenvalue weighted by molar-refractivity contribution is -0.139. The van der Waals surface area contributed by atoms with E-state index in [-0.39, 0.29) is 11.7 Å². The van der Waals surface area contributed by atoms with E-state index >= 15 is 0 Å². The number of alkyl halides is 3. The fraction of sp³-hybridized carbons (Fsp3) is 0.200.